The van der Waals surface area contributed by atoms with Crippen LogP contribution in [0.1, 0.15) is 181 Å². The largest absolute Gasteiger partial charge is 0.756 e. The summed E-state index contributed by atoms with van der Waals surface area (Å²) in [6.45, 7) is 5.37. The zero-order valence-electron chi connectivity index (χ0n) is 34.1. The van der Waals surface area contributed by atoms with Crippen LogP contribution in [0.5, 0.6) is 0 Å². The third kappa shape index (κ3) is 40.0. The van der Waals surface area contributed by atoms with Crippen LogP contribution in [0.4, 0.5) is 0 Å². The van der Waals surface area contributed by atoms with Gasteiger partial charge < -0.3 is 27.9 Å². The maximum Gasteiger partial charge on any atom is 0.306 e. The smallest absolute Gasteiger partial charge is 0.306 e. The van der Waals surface area contributed by atoms with Gasteiger partial charge in [0.05, 0.1) is 34.4 Å². The van der Waals surface area contributed by atoms with Gasteiger partial charge in [-0.2, -0.15) is 0 Å². The number of likely N-dealkylation sites (N-methyl/N-ethyl adjacent to an activating group) is 1. The second-order valence-electron chi connectivity index (χ2n) is 15.3. The van der Waals surface area contributed by atoms with Gasteiger partial charge in [-0.15, -0.1) is 0 Å². The summed E-state index contributed by atoms with van der Waals surface area (Å²) in [4.78, 5) is 25.0. The standard InChI is InChI=1S/C42H82NO7P/c1-6-8-10-12-14-16-18-20-21-22-23-24-26-28-30-32-34-37-47-39-41(40-49-51(45,46)48-38-36-43(3,4)5)50-42(44)35-33-31-29-27-25-19-17-15-13-11-9-7-2/h15,17,21-22,41H,6-14,16,18-20,23-40H2,1-5H3/b17-15-,22-21-. The van der Waals surface area contributed by atoms with E-state index in [1.54, 1.807) is 0 Å². The van der Waals surface area contributed by atoms with Crippen LogP contribution in [0, 0.1) is 0 Å². The van der Waals surface area contributed by atoms with Gasteiger partial charge in [-0.05, 0) is 64.2 Å². The first-order chi connectivity index (χ1) is 24.6. The summed E-state index contributed by atoms with van der Waals surface area (Å²) in [5, 5.41) is 0. The first-order valence-electron chi connectivity index (χ1n) is 21.1. The van der Waals surface area contributed by atoms with Gasteiger partial charge in [0.2, 0.25) is 0 Å². The number of carbonyl (C=O) groups is 1. The minimum Gasteiger partial charge on any atom is -0.756 e. The van der Waals surface area contributed by atoms with Crippen molar-refractivity contribution in [3.8, 4) is 0 Å². The summed E-state index contributed by atoms with van der Waals surface area (Å²) in [7, 11) is 1.35. The van der Waals surface area contributed by atoms with Crippen molar-refractivity contribution in [2.45, 2.75) is 187 Å². The summed E-state index contributed by atoms with van der Waals surface area (Å²) in [6.07, 6.45) is 39.0. The molecule has 0 fully saturated rings. The zero-order valence-corrected chi connectivity index (χ0v) is 35.0. The van der Waals surface area contributed by atoms with Crippen LogP contribution in [0.3, 0.4) is 0 Å². The number of carbonyl (C=O) groups excluding carboxylic acids is 1. The summed E-state index contributed by atoms with van der Waals surface area (Å²) < 4.78 is 34.5. The molecular formula is C42H82NO7P. The topological polar surface area (TPSA) is 94.1 Å². The summed E-state index contributed by atoms with van der Waals surface area (Å²) >= 11 is 0. The number of hydrogen-bond donors (Lipinski definition) is 0. The fraction of sp³-hybridized carbons (Fsp3) is 0.881. The normalized spacial score (nSPS) is 14.1. The lowest BCUT2D eigenvalue weighted by Gasteiger charge is -2.28. The maximum absolute atomic E-state index is 12.6. The van der Waals surface area contributed by atoms with E-state index in [1.165, 1.54) is 116 Å². The van der Waals surface area contributed by atoms with Crippen LogP contribution in [0.15, 0.2) is 24.3 Å². The van der Waals surface area contributed by atoms with Crippen LogP contribution in [0.2, 0.25) is 0 Å². The minimum absolute atomic E-state index is 0.0243. The Morgan fingerprint density at radius 2 is 1.02 bits per heavy atom. The van der Waals surface area contributed by atoms with Crippen molar-refractivity contribution in [2.75, 3.05) is 54.1 Å². The summed E-state index contributed by atoms with van der Waals surface area (Å²) in [5.41, 5.74) is 0. The highest BCUT2D eigenvalue weighted by Gasteiger charge is 2.20. The number of phosphoric acid groups is 1. The third-order valence-electron chi connectivity index (χ3n) is 8.98. The fourth-order valence-corrected chi connectivity index (χ4v) is 6.38. The molecule has 0 spiro atoms. The van der Waals surface area contributed by atoms with Crippen LogP contribution in [-0.2, 0) is 27.9 Å². The van der Waals surface area contributed by atoms with Gasteiger partial charge in [-0.25, -0.2) is 0 Å². The van der Waals surface area contributed by atoms with Gasteiger partial charge in [-0.1, -0.05) is 134 Å². The molecule has 0 saturated carbocycles. The maximum atomic E-state index is 12.6. The molecule has 0 amide bonds. The second-order valence-corrected chi connectivity index (χ2v) is 16.8. The van der Waals surface area contributed by atoms with E-state index in [9.17, 15) is 14.3 Å². The fourth-order valence-electron chi connectivity index (χ4n) is 5.65. The Bertz CT molecular complexity index is 874. The van der Waals surface area contributed by atoms with E-state index in [2.05, 4.69) is 38.2 Å². The van der Waals surface area contributed by atoms with E-state index < -0.39 is 13.9 Å². The molecule has 302 valence electrons. The number of phosphoric ester groups is 1. The molecule has 2 unspecified atom stereocenters. The highest BCUT2D eigenvalue weighted by Crippen LogP contribution is 2.38. The van der Waals surface area contributed by atoms with E-state index in [0.717, 1.165) is 44.9 Å². The number of rotatable bonds is 39. The van der Waals surface area contributed by atoms with Crippen LogP contribution >= 0.6 is 7.82 Å². The molecule has 0 aromatic rings. The second kappa shape index (κ2) is 36.0. The SMILES string of the molecule is CCCCC/C=C\CCCCCCCC(=O)OC(COCCCCCCCC/C=C\CCCCCCCCC)COP(=O)([O-])OCC[N+](C)(C)C. The Balaban J connectivity index is 4.25. The van der Waals surface area contributed by atoms with Gasteiger partial charge in [0.1, 0.15) is 19.3 Å². The predicted molar refractivity (Wildman–Crippen MR) is 213 cm³/mol. The Morgan fingerprint density at radius 1 is 0.588 bits per heavy atom. The van der Waals surface area contributed by atoms with Crippen molar-refractivity contribution in [1.82, 2.24) is 0 Å². The van der Waals surface area contributed by atoms with Gasteiger partial charge >= 0.3 is 5.97 Å². The van der Waals surface area contributed by atoms with Gasteiger partial charge in [-0.3, -0.25) is 9.36 Å². The Kier molecular flexibility index (Phi) is 35.3. The number of hydrogen-bond acceptors (Lipinski definition) is 7. The van der Waals surface area contributed by atoms with Crippen molar-refractivity contribution in [2.24, 2.45) is 0 Å². The van der Waals surface area contributed by atoms with Crippen LogP contribution in [-0.4, -0.2) is 70.7 Å². The Hall–Kier alpha value is -1.02. The lowest BCUT2D eigenvalue weighted by molar-refractivity contribution is -0.870. The molecule has 9 heteroatoms. The molecule has 51 heavy (non-hydrogen) atoms. The van der Waals surface area contributed by atoms with E-state index in [0.29, 0.717) is 24.1 Å². The van der Waals surface area contributed by atoms with E-state index in [4.69, 9.17) is 18.5 Å². The first-order valence-corrected chi connectivity index (χ1v) is 22.5. The predicted octanol–water partition coefficient (Wildman–Crippen LogP) is 11.4. The molecule has 0 saturated heterocycles. The molecule has 8 nitrogen and oxygen atoms in total. The van der Waals surface area contributed by atoms with Crippen LogP contribution in [0.25, 0.3) is 0 Å². The molecule has 0 aliphatic rings. The van der Waals surface area contributed by atoms with E-state index >= 15 is 0 Å². The zero-order chi connectivity index (χ0) is 37.7. The van der Waals surface area contributed by atoms with Crippen LogP contribution < -0.4 is 4.89 Å². The molecule has 0 aromatic heterocycles. The first kappa shape index (κ1) is 50.0. The Morgan fingerprint density at radius 3 is 1.53 bits per heavy atom. The molecule has 0 aromatic carbocycles. The summed E-state index contributed by atoms with van der Waals surface area (Å²) in [6, 6.07) is 0. The number of allylic oxidation sites excluding steroid dienone is 4. The highest BCUT2D eigenvalue weighted by molar-refractivity contribution is 7.45. The average molecular weight is 744 g/mol. The molecule has 0 rings (SSSR count). The number of nitrogens with zero attached hydrogens (tertiary/aromatic N) is 1. The average Bonchev–Trinajstić information content (AvgIpc) is 3.08. The number of ether oxygens (including phenoxy) is 2. The van der Waals surface area contributed by atoms with E-state index in [1.807, 2.05) is 21.1 Å². The van der Waals surface area contributed by atoms with E-state index in [-0.39, 0.29) is 25.8 Å². The number of unbranched alkanes of at least 4 members (excludes halogenated alkanes) is 21. The van der Waals surface area contributed by atoms with Crippen molar-refractivity contribution < 1.29 is 37.3 Å². The quantitative estimate of drug-likeness (QED) is 0.0203. The number of esters is 1. The van der Waals surface area contributed by atoms with Gasteiger partial charge in [0.15, 0.2) is 0 Å². The Labute approximate surface area is 315 Å². The molecule has 0 radical (unpaired) electrons. The van der Waals surface area contributed by atoms with Crippen molar-refractivity contribution in [1.29, 1.82) is 0 Å². The van der Waals surface area contributed by atoms with Crippen molar-refractivity contribution in [3.05, 3.63) is 24.3 Å². The van der Waals surface area contributed by atoms with Gasteiger partial charge in [0.25, 0.3) is 7.82 Å². The monoisotopic (exact) mass is 744 g/mol. The van der Waals surface area contributed by atoms with Crippen molar-refractivity contribution >= 4 is 13.8 Å². The molecule has 0 N–H and O–H groups in total. The molecule has 0 heterocycles. The molecular weight excluding hydrogens is 661 g/mol. The minimum atomic E-state index is -4.52. The highest BCUT2D eigenvalue weighted by atomic mass is 31.2. The van der Waals surface area contributed by atoms with Crippen molar-refractivity contribution in [3.63, 3.8) is 0 Å². The molecule has 0 bridgehead atoms. The lowest BCUT2D eigenvalue weighted by atomic mass is 10.1. The number of quaternary nitrogens is 1. The molecule has 2 atom stereocenters. The molecule has 0 aliphatic heterocycles. The lowest BCUT2D eigenvalue weighted by Crippen LogP contribution is -2.37. The van der Waals surface area contributed by atoms with Gasteiger partial charge in [0, 0.05) is 13.0 Å². The molecule has 0 aliphatic carbocycles. The summed E-state index contributed by atoms with van der Waals surface area (Å²) in [5.74, 6) is -0.346. The third-order valence-corrected chi connectivity index (χ3v) is 9.94.